The molecule has 1 aromatic carbocycles. The van der Waals surface area contributed by atoms with Gasteiger partial charge in [0, 0.05) is 23.6 Å². The fourth-order valence-corrected chi connectivity index (χ4v) is 3.05. The molecule has 1 N–H and O–H groups in total. The number of aromatic nitrogens is 4. The van der Waals surface area contributed by atoms with Crippen LogP contribution in [0, 0.1) is 0 Å². The highest BCUT2D eigenvalue weighted by Gasteiger charge is 2.25. The van der Waals surface area contributed by atoms with Gasteiger partial charge in [0.2, 0.25) is 5.95 Å². The number of anilines is 2. The van der Waals surface area contributed by atoms with Gasteiger partial charge in [-0.15, -0.1) is 5.10 Å². The largest absolute Gasteiger partial charge is 0.323 e. The summed E-state index contributed by atoms with van der Waals surface area (Å²) in [6.45, 7) is 1.13. The van der Waals surface area contributed by atoms with E-state index in [1.807, 2.05) is 42.6 Å². The van der Waals surface area contributed by atoms with E-state index >= 15 is 0 Å². The number of para-hydroxylation sites is 1. The highest BCUT2D eigenvalue weighted by atomic mass is 15.4. The van der Waals surface area contributed by atoms with Gasteiger partial charge in [-0.2, -0.15) is 4.98 Å². The van der Waals surface area contributed by atoms with Crippen LogP contribution in [0.25, 0.3) is 5.69 Å². The molecule has 0 bridgehead atoms. The van der Waals surface area contributed by atoms with Crippen LogP contribution in [-0.4, -0.2) is 44.3 Å². The van der Waals surface area contributed by atoms with Gasteiger partial charge < -0.3 is 10.2 Å². The Morgan fingerprint density at radius 3 is 2.81 bits per heavy atom. The first-order valence-corrected chi connectivity index (χ1v) is 9.17. The summed E-state index contributed by atoms with van der Waals surface area (Å²) in [6.07, 6.45) is 8.40. The van der Waals surface area contributed by atoms with E-state index in [0.717, 1.165) is 42.5 Å². The zero-order chi connectivity index (χ0) is 17.8. The van der Waals surface area contributed by atoms with Crippen molar-refractivity contribution < 1.29 is 0 Å². The Kier molecular flexibility index (Phi) is 4.93. The van der Waals surface area contributed by atoms with Crippen molar-refractivity contribution in [1.82, 2.24) is 24.6 Å². The summed E-state index contributed by atoms with van der Waals surface area (Å²) in [6, 6.07) is 14.8. The third kappa shape index (κ3) is 4.26. The molecule has 3 aromatic rings. The van der Waals surface area contributed by atoms with Gasteiger partial charge in [-0.05, 0) is 63.5 Å². The van der Waals surface area contributed by atoms with E-state index in [0.29, 0.717) is 5.95 Å². The molecule has 0 aliphatic heterocycles. The van der Waals surface area contributed by atoms with E-state index in [1.54, 1.807) is 11.0 Å². The molecule has 134 valence electrons. The summed E-state index contributed by atoms with van der Waals surface area (Å²) in [5.41, 5.74) is 3.05. The number of pyridine rings is 1. The summed E-state index contributed by atoms with van der Waals surface area (Å²) in [5, 5.41) is 7.72. The van der Waals surface area contributed by atoms with Crippen molar-refractivity contribution >= 4 is 11.6 Å². The van der Waals surface area contributed by atoms with Crippen LogP contribution in [0.3, 0.4) is 0 Å². The standard InChI is InChI=1S/C20H24N6/c1-25(18-9-10-18)13-5-8-17-14-19(11-12-21-17)26-15-22-20(24-26)23-16-6-3-2-4-7-16/h2-4,6-7,11-12,14-15,18H,5,8-10,13H2,1H3,(H,23,24). The van der Waals surface area contributed by atoms with Gasteiger partial charge in [0.15, 0.2) is 0 Å². The number of rotatable bonds is 8. The Labute approximate surface area is 153 Å². The van der Waals surface area contributed by atoms with Crippen LogP contribution in [0.15, 0.2) is 55.0 Å². The lowest BCUT2D eigenvalue weighted by molar-refractivity contribution is 0.319. The van der Waals surface area contributed by atoms with Gasteiger partial charge in [0.1, 0.15) is 6.33 Å². The van der Waals surface area contributed by atoms with Crippen LogP contribution in [0.1, 0.15) is 25.0 Å². The summed E-state index contributed by atoms with van der Waals surface area (Å²) >= 11 is 0. The zero-order valence-corrected chi connectivity index (χ0v) is 15.0. The van der Waals surface area contributed by atoms with Crippen molar-refractivity contribution in [1.29, 1.82) is 0 Å². The Bertz CT molecular complexity index is 840. The SMILES string of the molecule is CN(CCCc1cc(-n2cnc(Nc3ccccc3)n2)ccn1)C1CC1. The van der Waals surface area contributed by atoms with Gasteiger partial charge in [0.05, 0.1) is 5.69 Å². The fraction of sp³-hybridized carbons (Fsp3) is 0.350. The molecule has 26 heavy (non-hydrogen) atoms. The maximum atomic E-state index is 4.52. The van der Waals surface area contributed by atoms with E-state index in [2.05, 4.69) is 38.4 Å². The average Bonchev–Trinajstić information content (AvgIpc) is 3.42. The second-order valence-corrected chi connectivity index (χ2v) is 6.82. The Morgan fingerprint density at radius 2 is 2.00 bits per heavy atom. The smallest absolute Gasteiger partial charge is 0.246 e. The lowest BCUT2D eigenvalue weighted by Crippen LogP contribution is -2.22. The first kappa shape index (κ1) is 16.7. The molecule has 0 spiro atoms. The predicted octanol–water partition coefficient (Wildman–Crippen LogP) is 3.43. The summed E-state index contributed by atoms with van der Waals surface area (Å²) in [4.78, 5) is 11.3. The summed E-state index contributed by atoms with van der Waals surface area (Å²) in [5.74, 6) is 0.584. The lowest BCUT2D eigenvalue weighted by atomic mass is 10.2. The second kappa shape index (κ2) is 7.66. The van der Waals surface area contributed by atoms with Gasteiger partial charge in [-0.1, -0.05) is 18.2 Å². The van der Waals surface area contributed by atoms with E-state index in [4.69, 9.17) is 0 Å². The fourth-order valence-electron chi connectivity index (χ4n) is 3.05. The number of hydrogen-bond donors (Lipinski definition) is 1. The molecule has 0 atom stereocenters. The topological polar surface area (TPSA) is 58.9 Å². The zero-order valence-electron chi connectivity index (χ0n) is 15.0. The second-order valence-electron chi connectivity index (χ2n) is 6.82. The molecule has 6 nitrogen and oxygen atoms in total. The third-order valence-electron chi connectivity index (χ3n) is 4.70. The maximum absolute atomic E-state index is 4.52. The summed E-state index contributed by atoms with van der Waals surface area (Å²) in [7, 11) is 2.22. The molecular formula is C20H24N6. The Balaban J connectivity index is 1.38. The van der Waals surface area contributed by atoms with Crippen molar-refractivity contribution in [3.8, 4) is 5.69 Å². The van der Waals surface area contributed by atoms with E-state index in [9.17, 15) is 0 Å². The molecule has 0 radical (unpaired) electrons. The first-order chi connectivity index (χ1) is 12.8. The third-order valence-corrected chi connectivity index (χ3v) is 4.70. The predicted molar refractivity (Wildman–Crippen MR) is 103 cm³/mol. The van der Waals surface area contributed by atoms with Crippen LogP contribution in [-0.2, 0) is 6.42 Å². The lowest BCUT2D eigenvalue weighted by Gasteiger charge is -2.14. The number of benzene rings is 1. The van der Waals surface area contributed by atoms with Crippen molar-refractivity contribution in [3.63, 3.8) is 0 Å². The highest BCUT2D eigenvalue weighted by molar-refractivity contribution is 5.52. The normalized spacial score (nSPS) is 13.9. The van der Waals surface area contributed by atoms with Gasteiger partial charge in [-0.25, -0.2) is 4.68 Å². The van der Waals surface area contributed by atoms with E-state index in [-0.39, 0.29) is 0 Å². The number of hydrogen-bond acceptors (Lipinski definition) is 5. The van der Waals surface area contributed by atoms with Crippen molar-refractivity contribution in [2.24, 2.45) is 0 Å². The maximum Gasteiger partial charge on any atom is 0.246 e. The molecular weight excluding hydrogens is 324 g/mol. The van der Waals surface area contributed by atoms with Crippen LogP contribution in [0.4, 0.5) is 11.6 Å². The molecule has 0 amide bonds. The van der Waals surface area contributed by atoms with Gasteiger partial charge in [-0.3, -0.25) is 4.98 Å². The van der Waals surface area contributed by atoms with Crippen molar-refractivity contribution in [2.45, 2.75) is 31.7 Å². The molecule has 1 saturated carbocycles. The molecule has 1 fully saturated rings. The molecule has 6 heteroatoms. The molecule has 0 saturated heterocycles. The molecule has 1 aliphatic carbocycles. The Morgan fingerprint density at radius 1 is 1.15 bits per heavy atom. The summed E-state index contributed by atoms with van der Waals surface area (Å²) < 4.78 is 1.78. The van der Waals surface area contributed by atoms with Crippen molar-refractivity contribution in [3.05, 3.63) is 60.7 Å². The number of nitrogens with one attached hydrogen (secondary N) is 1. The number of aryl methyl sites for hydroxylation is 1. The minimum absolute atomic E-state index is 0.584. The van der Waals surface area contributed by atoms with Crippen molar-refractivity contribution in [2.75, 3.05) is 18.9 Å². The molecule has 0 unspecified atom stereocenters. The van der Waals surface area contributed by atoms with Gasteiger partial charge in [0.25, 0.3) is 0 Å². The van der Waals surface area contributed by atoms with Gasteiger partial charge >= 0.3 is 0 Å². The van der Waals surface area contributed by atoms with E-state index in [1.165, 1.54) is 12.8 Å². The highest BCUT2D eigenvalue weighted by Crippen LogP contribution is 2.25. The number of nitrogens with zero attached hydrogens (tertiary/aromatic N) is 5. The minimum atomic E-state index is 0.584. The van der Waals surface area contributed by atoms with Crippen LogP contribution < -0.4 is 5.32 Å². The van der Waals surface area contributed by atoms with Crippen LogP contribution >= 0.6 is 0 Å². The Hall–Kier alpha value is -2.73. The quantitative estimate of drug-likeness (QED) is 0.676. The van der Waals surface area contributed by atoms with Crippen LogP contribution in [0.5, 0.6) is 0 Å². The first-order valence-electron chi connectivity index (χ1n) is 9.17. The van der Waals surface area contributed by atoms with Crippen LogP contribution in [0.2, 0.25) is 0 Å². The molecule has 2 aromatic heterocycles. The molecule has 2 heterocycles. The average molecular weight is 348 g/mol. The minimum Gasteiger partial charge on any atom is -0.323 e. The molecule has 4 rings (SSSR count). The molecule has 1 aliphatic rings. The van der Waals surface area contributed by atoms with E-state index < -0.39 is 0 Å². The monoisotopic (exact) mass is 348 g/mol.